The van der Waals surface area contributed by atoms with Crippen molar-refractivity contribution >= 4 is 17.1 Å². The Labute approximate surface area is 125 Å². The number of unbranched alkanes of at least 4 members (excludes halogenated alkanes) is 1. The van der Waals surface area contributed by atoms with Crippen molar-refractivity contribution in [2.75, 3.05) is 30.9 Å². The molecule has 0 fully saturated rings. The maximum Gasteiger partial charge on any atom is 0.316 e. The highest BCUT2D eigenvalue weighted by molar-refractivity contribution is 5.75. The summed E-state index contributed by atoms with van der Waals surface area (Å²) in [5, 5.41) is 14.2. The van der Waals surface area contributed by atoms with E-state index in [2.05, 4.69) is 36.5 Å². The highest BCUT2D eigenvalue weighted by atomic mass is 16.6. The van der Waals surface area contributed by atoms with Crippen LogP contribution in [0.3, 0.4) is 0 Å². The number of hydrazine groups is 1. The Morgan fingerprint density at radius 2 is 2.00 bits per heavy atom. The molecular formula is C14H25N5O2. The smallest absolute Gasteiger partial charge is 0.316 e. The highest BCUT2D eigenvalue weighted by Gasteiger charge is 2.18. The molecule has 0 bridgehead atoms. The zero-order valence-corrected chi connectivity index (χ0v) is 12.9. The predicted molar refractivity (Wildman–Crippen MR) is 86.4 cm³/mol. The van der Waals surface area contributed by atoms with Crippen LogP contribution in [0.4, 0.5) is 17.1 Å². The Balaban J connectivity index is 2.51. The maximum absolute atomic E-state index is 11.1. The first-order chi connectivity index (χ1) is 9.97. The van der Waals surface area contributed by atoms with E-state index in [0.29, 0.717) is 24.0 Å². The quantitative estimate of drug-likeness (QED) is 0.280. The van der Waals surface area contributed by atoms with Crippen molar-refractivity contribution in [3.8, 4) is 0 Å². The molecule has 0 spiro atoms. The lowest BCUT2D eigenvalue weighted by Gasteiger charge is -2.20. The molecule has 0 aliphatic heterocycles. The molecule has 118 valence electrons. The molecule has 1 aromatic rings. The number of nitrogens with two attached hydrogens (primary N) is 1. The van der Waals surface area contributed by atoms with Gasteiger partial charge in [-0.2, -0.15) is 0 Å². The summed E-state index contributed by atoms with van der Waals surface area (Å²) in [6, 6.07) is 5.54. The van der Waals surface area contributed by atoms with Crippen molar-refractivity contribution in [1.29, 1.82) is 0 Å². The van der Waals surface area contributed by atoms with E-state index in [-0.39, 0.29) is 5.69 Å². The van der Waals surface area contributed by atoms with Crippen LogP contribution in [0.15, 0.2) is 18.2 Å². The molecule has 7 nitrogen and oxygen atoms in total. The third kappa shape index (κ3) is 5.20. The monoisotopic (exact) mass is 295 g/mol. The summed E-state index contributed by atoms with van der Waals surface area (Å²) >= 11 is 0. The van der Waals surface area contributed by atoms with Crippen LogP contribution in [-0.4, -0.2) is 36.0 Å². The van der Waals surface area contributed by atoms with Gasteiger partial charge < -0.3 is 15.6 Å². The second-order valence-corrected chi connectivity index (χ2v) is 5.31. The van der Waals surface area contributed by atoms with Crippen molar-refractivity contribution in [3.05, 3.63) is 28.3 Å². The minimum atomic E-state index is -0.427. The Bertz CT molecular complexity index is 465. The number of nitro benzene ring substituents is 1. The fraction of sp³-hybridized carbons (Fsp3) is 0.571. The number of hydrogen-bond acceptors (Lipinski definition) is 6. The van der Waals surface area contributed by atoms with Gasteiger partial charge in [-0.1, -0.05) is 6.07 Å². The SMILES string of the molecule is CC(C)N(C)CCCCNc1cccc(NN)c1[N+](=O)[O-]. The van der Waals surface area contributed by atoms with E-state index in [1.807, 2.05) is 0 Å². The number of anilines is 2. The Hall–Kier alpha value is -1.86. The average molecular weight is 295 g/mol. The number of nitrogens with one attached hydrogen (secondary N) is 2. The molecule has 0 aromatic heterocycles. The minimum absolute atomic E-state index is 0.0145. The third-order valence-electron chi connectivity index (χ3n) is 3.51. The van der Waals surface area contributed by atoms with E-state index >= 15 is 0 Å². The first-order valence-electron chi connectivity index (χ1n) is 7.15. The van der Waals surface area contributed by atoms with Crippen molar-refractivity contribution in [3.63, 3.8) is 0 Å². The molecule has 0 atom stereocenters. The van der Waals surface area contributed by atoms with Crippen molar-refractivity contribution in [2.45, 2.75) is 32.7 Å². The molecule has 21 heavy (non-hydrogen) atoms. The second-order valence-electron chi connectivity index (χ2n) is 5.31. The van der Waals surface area contributed by atoms with E-state index in [0.717, 1.165) is 19.4 Å². The third-order valence-corrected chi connectivity index (χ3v) is 3.51. The van der Waals surface area contributed by atoms with Crippen molar-refractivity contribution < 1.29 is 4.92 Å². The summed E-state index contributed by atoms with van der Waals surface area (Å²) in [6.45, 7) is 6.03. The molecular weight excluding hydrogens is 270 g/mol. The van der Waals surface area contributed by atoms with Gasteiger partial charge in [0.05, 0.1) is 4.92 Å². The summed E-state index contributed by atoms with van der Waals surface area (Å²) in [4.78, 5) is 13.0. The number of nitrogen functional groups attached to an aromatic ring is 1. The molecule has 0 saturated heterocycles. The predicted octanol–water partition coefficient (Wildman–Crippen LogP) is 2.41. The van der Waals surface area contributed by atoms with Gasteiger partial charge in [0.25, 0.3) is 0 Å². The van der Waals surface area contributed by atoms with Gasteiger partial charge in [0.15, 0.2) is 0 Å². The van der Waals surface area contributed by atoms with E-state index in [9.17, 15) is 10.1 Å². The molecule has 4 N–H and O–H groups in total. The maximum atomic E-state index is 11.1. The summed E-state index contributed by atoms with van der Waals surface area (Å²) in [6.07, 6.45) is 2.00. The van der Waals surface area contributed by atoms with Crippen LogP contribution < -0.4 is 16.6 Å². The number of nitrogens with zero attached hydrogens (tertiary/aromatic N) is 2. The molecule has 0 radical (unpaired) electrons. The summed E-state index contributed by atoms with van der Waals surface area (Å²) in [7, 11) is 2.10. The zero-order valence-electron chi connectivity index (χ0n) is 12.9. The van der Waals surface area contributed by atoms with Crippen LogP contribution in [0.2, 0.25) is 0 Å². The van der Waals surface area contributed by atoms with Crippen molar-refractivity contribution in [1.82, 2.24) is 4.90 Å². The first-order valence-corrected chi connectivity index (χ1v) is 7.15. The van der Waals surface area contributed by atoms with Crippen molar-refractivity contribution in [2.24, 2.45) is 5.84 Å². The molecule has 0 heterocycles. The lowest BCUT2D eigenvalue weighted by Crippen LogP contribution is -2.27. The molecule has 7 heteroatoms. The van der Waals surface area contributed by atoms with E-state index < -0.39 is 4.92 Å². The summed E-state index contributed by atoms with van der Waals surface area (Å²) < 4.78 is 0. The van der Waals surface area contributed by atoms with Crippen LogP contribution in [0, 0.1) is 10.1 Å². The van der Waals surface area contributed by atoms with Gasteiger partial charge in [-0.3, -0.25) is 16.0 Å². The van der Waals surface area contributed by atoms with E-state index in [4.69, 9.17) is 5.84 Å². The fourth-order valence-electron chi connectivity index (χ4n) is 1.97. The standard InChI is InChI=1S/C14H25N5O2/c1-11(2)18(3)10-5-4-9-16-12-7-6-8-13(17-15)14(12)19(20)21/h6-8,11,16-17H,4-5,9-10,15H2,1-3H3. The second kappa shape index (κ2) is 8.43. The first kappa shape index (κ1) is 17.2. The van der Waals surface area contributed by atoms with Crippen LogP contribution in [-0.2, 0) is 0 Å². The number of nitro groups is 1. The molecule has 0 aliphatic carbocycles. The van der Waals surface area contributed by atoms with Crippen LogP contribution in [0.25, 0.3) is 0 Å². The average Bonchev–Trinajstić information content (AvgIpc) is 2.45. The Morgan fingerprint density at radius 3 is 2.57 bits per heavy atom. The number of rotatable bonds is 9. The normalized spacial score (nSPS) is 11.0. The lowest BCUT2D eigenvalue weighted by atomic mass is 10.2. The van der Waals surface area contributed by atoms with Gasteiger partial charge in [-0.15, -0.1) is 0 Å². The molecule has 0 amide bonds. The van der Waals surface area contributed by atoms with Crippen LogP contribution >= 0.6 is 0 Å². The highest BCUT2D eigenvalue weighted by Crippen LogP contribution is 2.31. The fourth-order valence-corrected chi connectivity index (χ4v) is 1.97. The molecule has 0 saturated carbocycles. The van der Waals surface area contributed by atoms with E-state index in [1.54, 1.807) is 18.2 Å². The number of hydrogen-bond donors (Lipinski definition) is 3. The number of benzene rings is 1. The molecule has 0 aliphatic rings. The van der Waals surface area contributed by atoms with Gasteiger partial charge in [0.2, 0.25) is 0 Å². The van der Waals surface area contributed by atoms with Gasteiger partial charge in [0.1, 0.15) is 11.4 Å². The summed E-state index contributed by atoms with van der Waals surface area (Å²) in [5.41, 5.74) is 3.15. The van der Waals surface area contributed by atoms with Gasteiger partial charge >= 0.3 is 5.69 Å². The Morgan fingerprint density at radius 1 is 1.33 bits per heavy atom. The molecule has 0 unspecified atom stereocenters. The topological polar surface area (TPSA) is 96.5 Å². The van der Waals surface area contributed by atoms with Gasteiger partial charge in [-0.25, -0.2) is 0 Å². The zero-order chi connectivity index (χ0) is 15.8. The molecule has 1 aromatic carbocycles. The molecule has 1 rings (SSSR count). The number of para-hydroxylation sites is 1. The largest absolute Gasteiger partial charge is 0.379 e. The van der Waals surface area contributed by atoms with Crippen LogP contribution in [0.1, 0.15) is 26.7 Å². The van der Waals surface area contributed by atoms with Gasteiger partial charge in [0, 0.05) is 12.6 Å². The van der Waals surface area contributed by atoms with E-state index in [1.165, 1.54) is 0 Å². The Kier molecular flexibility index (Phi) is 6.90. The lowest BCUT2D eigenvalue weighted by molar-refractivity contribution is -0.383. The minimum Gasteiger partial charge on any atom is -0.379 e. The van der Waals surface area contributed by atoms with Crippen LogP contribution in [0.5, 0.6) is 0 Å². The van der Waals surface area contributed by atoms with Gasteiger partial charge in [-0.05, 0) is 52.4 Å². The summed E-state index contributed by atoms with van der Waals surface area (Å²) in [5.74, 6) is 5.31.